The number of ether oxygens (including phenoxy) is 2. The Morgan fingerprint density at radius 1 is 1.00 bits per heavy atom. The van der Waals surface area contributed by atoms with Crippen LogP contribution in [-0.4, -0.2) is 25.7 Å². The molecule has 0 atom stereocenters. The summed E-state index contributed by atoms with van der Waals surface area (Å²) in [5, 5.41) is 0. The molecule has 2 aromatic rings. The summed E-state index contributed by atoms with van der Waals surface area (Å²) < 4.78 is 24.3. The van der Waals surface area contributed by atoms with Crippen molar-refractivity contribution in [2.75, 3.05) is 25.7 Å². The van der Waals surface area contributed by atoms with Crippen molar-refractivity contribution in [2.45, 2.75) is 16.9 Å². The number of halogens is 1. The van der Waals surface area contributed by atoms with Crippen molar-refractivity contribution in [3.05, 3.63) is 59.4 Å². The zero-order valence-corrected chi connectivity index (χ0v) is 15.5. The van der Waals surface area contributed by atoms with Crippen LogP contribution < -0.4 is 9.47 Å². The summed E-state index contributed by atoms with van der Waals surface area (Å²) >= 11 is 3.91. The molecule has 0 aromatic heterocycles. The van der Waals surface area contributed by atoms with Crippen molar-refractivity contribution in [1.82, 2.24) is 0 Å². The quantitative estimate of drug-likeness (QED) is 0.734. The van der Waals surface area contributed by atoms with Gasteiger partial charge in [0.2, 0.25) is 0 Å². The van der Waals surface area contributed by atoms with Gasteiger partial charge in [0.15, 0.2) is 11.6 Å². The molecule has 3 rings (SSSR count). The molecule has 0 N–H and O–H groups in total. The summed E-state index contributed by atoms with van der Waals surface area (Å²) in [5.74, 6) is 3.09. The lowest BCUT2D eigenvalue weighted by Crippen LogP contribution is -2.25. The molecule has 0 radical (unpaired) electrons. The highest BCUT2D eigenvalue weighted by atomic mass is 32.2. The van der Waals surface area contributed by atoms with Gasteiger partial charge in [-0.15, -0.1) is 23.5 Å². The third kappa shape index (κ3) is 3.67. The largest absolute Gasteiger partial charge is 0.497 e. The number of methoxy groups -OCH3 is 2. The molecule has 0 saturated carbocycles. The minimum atomic E-state index is -0.300. The summed E-state index contributed by atoms with van der Waals surface area (Å²) in [5.41, 5.74) is 2.25. The van der Waals surface area contributed by atoms with Crippen LogP contribution in [0.2, 0.25) is 0 Å². The smallest absolute Gasteiger partial charge is 0.165 e. The van der Waals surface area contributed by atoms with Crippen LogP contribution in [0.3, 0.4) is 0 Å². The first-order valence-electron chi connectivity index (χ1n) is 7.92. The third-order valence-electron chi connectivity index (χ3n) is 4.14. The maximum Gasteiger partial charge on any atom is 0.165 e. The summed E-state index contributed by atoms with van der Waals surface area (Å²) in [6.45, 7) is 0. The van der Waals surface area contributed by atoms with E-state index in [-0.39, 0.29) is 9.90 Å². The number of thioether (sulfide) groups is 2. The molecule has 0 aliphatic carbocycles. The highest BCUT2D eigenvalue weighted by Crippen LogP contribution is 2.52. The third-order valence-corrected chi connectivity index (χ3v) is 7.53. The van der Waals surface area contributed by atoms with Crippen LogP contribution in [0.5, 0.6) is 11.5 Å². The Hall–Kier alpha value is -1.33. The predicted molar refractivity (Wildman–Crippen MR) is 101 cm³/mol. The SMILES string of the molecule is COc1ccc(C2(Cc3ccc(OC)c(F)c3)SCCCS2)cc1. The van der Waals surface area contributed by atoms with Crippen molar-refractivity contribution < 1.29 is 13.9 Å². The summed E-state index contributed by atoms with van der Waals surface area (Å²) in [6, 6.07) is 13.5. The standard InChI is InChI=1S/C19H21FO2S2/c1-21-16-7-5-15(6-8-16)19(23-10-3-11-24-19)13-14-4-9-18(22-2)17(20)12-14/h4-9,12H,3,10-11,13H2,1-2H3. The van der Waals surface area contributed by atoms with Gasteiger partial charge in [-0.2, -0.15) is 0 Å². The molecule has 0 spiro atoms. The van der Waals surface area contributed by atoms with E-state index in [1.165, 1.54) is 19.1 Å². The fourth-order valence-electron chi connectivity index (χ4n) is 2.88. The number of benzene rings is 2. The van der Waals surface area contributed by atoms with Crippen molar-refractivity contribution in [2.24, 2.45) is 0 Å². The Balaban J connectivity index is 1.92. The van der Waals surface area contributed by atoms with Gasteiger partial charge in [-0.05, 0) is 53.3 Å². The Morgan fingerprint density at radius 2 is 1.71 bits per heavy atom. The number of hydrogen-bond acceptors (Lipinski definition) is 4. The van der Waals surface area contributed by atoms with Gasteiger partial charge >= 0.3 is 0 Å². The molecule has 1 heterocycles. The Labute approximate surface area is 151 Å². The second-order valence-corrected chi connectivity index (χ2v) is 8.72. The van der Waals surface area contributed by atoms with Crippen LogP contribution in [0, 0.1) is 5.82 Å². The first-order valence-corrected chi connectivity index (χ1v) is 9.89. The Morgan fingerprint density at radius 3 is 2.29 bits per heavy atom. The van der Waals surface area contributed by atoms with Gasteiger partial charge < -0.3 is 9.47 Å². The van der Waals surface area contributed by atoms with Crippen LogP contribution in [-0.2, 0) is 10.5 Å². The first-order chi connectivity index (χ1) is 11.7. The molecule has 0 unspecified atom stereocenters. The second-order valence-electron chi connectivity index (χ2n) is 5.68. The van der Waals surface area contributed by atoms with Crippen LogP contribution in [0.15, 0.2) is 42.5 Å². The molecule has 1 aliphatic rings. The van der Waals surface area contributed by atoms with Crippen LogP contribution in [0.4, 0.5) is 4.39 Å². The van der Waals surface area contributed by atoms with Crippen molar-refractivity contribution in [1.29, 1.82) is 0 Å². The van der Waals surface area contributed by atoms with Gasteiger partial charge in [-0.1, -0.05) is 18.2 Å². The second kappa shape index (κ2) is 7.70. The molecule has 128 valence electrons. The summed E-state index contributed by atoms with van der Waals surface area (Å²) in [6.07, 6.45) is 2.00. The van der Waals surface area contributed by atoms with Gasteiger partial charge in [0.05, 0.1) is 18.3 Å². The lowest BCUT2D eigenvalue weighted by molar-refractivity contribution is 0.386. The average molecular weight is 365 g/mol. The van der Waals surface area contributed by atoms with E-state index in [9.17, 15) is 4.39 Å². The van der Waals surface area contributed by atoms with E-state index in [0.29, 0.717) is 5.75 Å². The maximum absolute atomic E-state index is 14.1. The molecular weight excluding hydrogens is 343 g/mol. The lowest BCUT2D eigenvalue weighted by Gasteiger charge is -2.37. The van der Waals surface area contributed by atoms with Crippen molar-refractivity contribution in [3.8, 4) is 11.5 Å². The zero-order chi connectivity index (χ0) is 17.0. The molecule has 5 heteroatoms. The molecule has 2 nitrogen and oxygen atoms in total. The Kier molecular flexibility index (Phi) is 5.61. The van der Waals surface area contributed by atoms with Crippen molar-refractivity contribution >= 4 is 23.5 Å². The monoisotopic (exact) mass is 364 g/mol. The molecule has 1 aliphatic heterocycles. The van der Waals surface area contributed by atoms with Crippen LogP contribution in [0.25, 0.3) is 0 Å². The summed E-state index contributed by atoms with van der Waals surface area (Å²) in [7, 11) is 3.17. The topological polar surface area (TPSA) is 18.5 Å². The molecule has 0 amide bonds. The zero-order valence-electron chi connectivity index (χ0n) is 13.9. The summed E-state index contributed by atoms with van der Waals surface area (Å²) in [4.78, 5) is 0. The highest BCUT2D eigenvalue weighted by Gasteiger charge is 2.36. The average Bonchev–Trinajstić information content (AvgIpc) is 2.63. The normalized spacial score (nSPS) is 16.6. The van der Waals surface area contributed by atoms with E-state index in [1.54, 1.807) is 19.2 Å². The number of hydrogen-bond donors (Lipinski definition) is 0. The van der Waals surface area contributed by atoms with E-state index in [2.05, 4.69) is 12.1 Å². The van der Waals surface area contributed by atoms with Gasteiger partial charge in [-0.3, -0.25) is 0 Å². The minimum absolute atomic E-state index is 0.0778. The van der Waals surface area contributed by atoms with Gasteiger partial charge in [-0.25, -0.2) is 4.39 Å². The van der Waals surface area contributed by atoms with E-state index < -0.39 is 0 Å². The first kappa shape index (κ1) is 17.5. The fraction of sp³-hybridized carbons (Fsp3) is 0.368. The van der Waals surface area contributed by atoms with E-state index >= 15 is 0 Å². The predicted octanol–water partition coefficient (Wildman–Crippen LogP) is 5.11. The molecular formula is C19H21FO2S2. The van der Waals surface area contributed by atoms with Crippen LogP contribution >= 0.6 is 23.5 Å². The highest BCUT2D eigenvalue weighted by molar-refractivity contribution is 8.18. The lowest BCUT2D eigenvalue weighted by atomic mass is 10.0. The Bertz CT molecular complexity index is 682. The molecule has 24 heavy (non-hydrogen) atoms. The van der Waals surface area contributed by atoms with Gasteiger partial charge in [0, 0.05) is 6.42 Å². The molecule has 2 aromatic carbocycles. The van der Waals surface area contributed by atoms with E-state index in [4.69, 9.17) is 9.47 Å². The van der Waals surface area contributed by atoms with Gasteiger partial charge in [0.1, 0.15) is 5.75 Å². The molecule has 0 bridgehead atoms. The minimum Gasteiger partial charge on any atom is -0.497 e. The van der Waals surface area contributed by atoms with Gasteiger partial charge in [0.25, 0.3) is 0 Å². The van der Waals surface area contributed by atoms with Crippen LogP contribution in [0.1, 0.15) is 17.5 Å². The maximum atomic E-state index is 14.1. The number of rotatable bonds is 5. The van der Waals surface area contributed by atoms with E-state index in [0.717, 1.165) is 29.2 Å². The molecule has 1 fully saturated rings. The fourth-order valence-corrected chi connectivity index (χ4v) is 6.27. The molecule has 1 saturated heterocycles. The van der Waals surface area contributed by atoms with E-state index in [1.807, 2.05) is 41.7 Å². The van der Waals surface area contributed by atoms with Crippen molar-refractivity contribution in [3.63, 3.8) is 0 Å².